The molecule has 0 amide bonds. The van der Waals surface area contributed by atoms with Crippen LogP contribution in [0.1, 0.15) is 50.6 Å². The summed E-state index contributed by atoms with van der Waals surface area (Å²) in [6, 6.07) is 1.82. The van der Waals surface area contributed by atoms with E-state index in [4.69, 9.17) is 0 Å². The Bertz CT molecular complexity index is 610. The summed E-state index contributed by atoms with van der Waals surface area (Å²) in [6.07, 6.45) is 8.67. The lowest BCUT2D eigenvalue weighted by Crippen LogP contribution is -2.16. The summed E-state index contributed by atoms with van der Waals surface area (Å²) in [5.74, 6) is 1.42. The van der Waals surface area contributed by atoms with Gasteiger partial charge in [-0.15, -0.1) is 0 Å². The van der Waals surface area contributed by atoms with Crippen molar-refractivity contribution >= 4 is 25.8 Å². The molecular formula is C16H24BrNO2S. The molecular weight excluding hydrogens is 350 g/mol. The Kier molecular flexibility index (Phi) is 4.51. The summed E-state index contributed by atoms with van der Waals surface area (Å²) >= 11 is 3.57. The van der Waals surface area contributed by atoms with Gasteiger partial charge in [-0.1, -0.05) is 19.3 Å². The number of hydrogen-bond donors (Lipinski definition) is 0. The first-order chi connectivity index (χ1) is 9.97. The van der Waals surface area contributed by atoms with Gasteiger partial charge in [0, 0.05) is 12.2 Å². The van der Waals surface area contributed by atoms with E-state index < -0.39 is 9.84 Å². The molecule has 0 radical (unpaired) electrons. The summed E-state index contributed by atoms with van der Waals surface area (Å²) in [6.45, 7) is 2.90. The number of nitrogens with zero attached hydrogens (tertiary/aromatic N) is 1. The van der Waals surface area contributed by atoms with Gasteiger partial charge in [0.15, 0.2) is 9.84 Å². The van der Waals surface area contributed by atoms with Gasteiger partial charge < -0.3 is 4.57 Å². The molecule has 118 valence electrons. The summed E-state index contributed by atoms with van der Waals surface area (Å²) in [4.78, 5) is 0.539. The van der Waals surface area contributed by atoms with E-state index in [0.29, 0.717) is 22.5 Å². The van der Waals surface area contributed by atoms with Crippen molar-refractivity contribution in [2.45, 2.75) is 63.3 Å². The van der Waals surface area contributed by atoms with Crippen LogP contribution in [0, 0.1) is 18.8 Å². The van der Waals surface area contributed by atoms with E-state index in [9.17, 15) is 8.42 Å². The van der Waals surface area contributed by atoms with E-state index in [2.05, 4.69) is 20.5 Å². The van der Waals surface area contributed by atoms with Crippen LogP contribution in [0.4, 0.5) is 0 Å². The molecule has 1 aromatic heterocycles. The Balaban J connectivity index is 1.81. The molecule has 2 aliphatic rings. The minimum absolute atomic E-state index is 0.327. The highest BCUT2D eigenvalue weighted by atomic mass is 79.9. The molecule has 0 unspecified atom stereocenters. The first-order valence-electron chi connectivity index (χ1n) is 8.06. The lowest BCUT2D eigenvalue weighted by molar-refractivity contribution is 0.315. The zero-order valence-corrected chi connectivity index (χ0v) is 15.0. The standard InChI is InChI=1S/C16H24BrNO2S/c1-12-15(21(19,20)11-14-7-8-14)9-16(17)18(12)10-13-5-3-2-4-6-13/h9,13-14H,2-8,10-11H2,1H3. The minimum atomic E-state index is -3.12. The first kappa shape index (κ1) is 15.6. The van der Waals surface area contributed by atoms with Crippen LogP contribution in [-0.2, 0) is 16.4 Å². The number of rotatable bonds is 5. The largest absolute Gasteiger partial charge is 0.338 e. The fraction of sp³-hybridized carbons (Fsp3) is 0.750. The van der Waals surface area contributed by atoms with Crippen LogP contribution in [0.3, 0.4) is 0 Å². The van der Waals surface area contributed by atoms with Crippen molar-refractivity contribution < 1.29 is 8.42 Å². The lowest BCUT2D eigenvalue weighted by Gasteiger charge is -2.23. The second kappa shape index (κ2) is 6.07. The zero-order chi connectivity index (χ0) is 15.0. The fourth-order valence-corrected chi connectivity index (χ4v) is 6.21. The minimum Gasteiger partial charge on any atom is -0.338 e. The van der Waals surface area contributed by atoms with Crippen LogP contribution in [0.2, 0.25) is 0 Å². The van der Waals surface area contributed by atoms with Crippen LogP contribution in [0.25, 0.3) is 0 Å². The van der Waals surface area contributed by atoms with Gasteiger partial charge in [-0.05, 0) is 66.4 Å². The summed E-state index contributed by atoms with van der Waals surface area (Å²) < 4.78 is 28.1. The Morgan fingerprint density at radius 3 is 2.43 bits per heavy atom. The van der Waals surface area contributed by atoms with E-state index in [-0.39, 0.29) is 0 Å². The molecule has 0 saturated heterocycles. The normalized spacial score (nSPS) is 20.9. The molecule has 0 bridgehead atoms. The maximum Gasteiger partial charge on any atom is 0.180 e. The lowest BCUT2D eigenvalue weighted by atomic mass is 9.89. The highest BCUT2D eigenvalue weighted by molar-refractivity contribution is 9.10. The topological polar surface area (TPSA) is 39.1 Å². The molecule has 21 heavy (non-hydrogen) atoms. The maximum atomic E-state index is 12.5. The zero-order valence-electron chi connectivity index (χ0n) is 12.6. The smallest absolute Gasteiger partial charge is 0.180 e. The molecule has 3 nitrogen and oxygen atoms in total. The van der Waals surface area contributed by atoms with Crippen LogP contribution in [-0.4, -0.2) is 18.7 Å². The van der Waals surface area contributed by atoms with Gasteiger partial charge in [0.1, 0.15) is 0 Å². The summed E-state index contributed by atoms with van der Waals surface area (Å²) in [5.41, 5.74) is 0.910. The van der Waals surface area contributed by atoms with Crippen molar-refractivity contribution in [2.24, 2.45) is 11.8 Å². The number of aromatic nitrogens is 1. The second-order valence-electron chi connectivity index (χ2n) is 6.76. The summed E-state index contributed by atoms with van der Waals surface area (Å²) in [5, 5.41) is 0. The van der Waals surface area contributed by atoms with Crippen molar-refractivity contribution in [1.29, 1.82) is 0 Å². The van der Waals surface area contributed by atoms with Crippen molar-refractivity contribution in [3.8, 4) is 0 Å². The third-order valence-electron chi connectivity index (χ3n) is 4.92. The average Bonchev–Trinajstić information content (AvgIpc) is 3.20. The Labute approximate surface area is 136 Å². The SMILES string of the molecule is Cc1c(S(=O)(=O)CC2CC2)cc(Br)n1CC1CCCCC1. The number of halogens is 1. The van der Waals surface area contributed by atoms with Gasteiger partial charge in [0.05, 0.1) is 15.3 Å². The Morgan fingerprint density at radius 1 is 1.14 bits per heavy atom. The molecule has 1 heterocycles. The molecule has 0 aliphatic heterocycles. The molecule has 0 atom stereocenters. The third-order valence-corrected chi connectivity index (χ3v) is 7.57. The molecule has 0 aromatic carbocycles. The highest BCUT2D eigenvalue weighted by Crippen LogP contribution is 2.35. The van der Waals surface area contributed by atoms with Gasteiger partial charge in [-0.3, -0.25) is 0 Å². The molecule has 2 fully saturated rings. The van der Waals surface area contributed by atoms with E-state index >= 15 is 0 Å². The third kappa shape index (κ3) is 3.55. The molecule has 0 N–H and O–H groups in total. The van der Waals surface area contributed by atoms with Gasteiger partial charge in [0.2, 0.25) is 0 Å². The van der Waals surface area contributed by atoms with Gasteiger partial charge in [-0.2, -0.15) is 0 Å². The molecule has 0 spiro atoms. The van der Waals surface area contributed by atoms with Crippen LogP contribution in [0.15, 0.2) is 15.6 Å². The second-order valence-corrected chi connectivity index (χ2v) is 9.57. The average molecular weight is 374 g/mol. The molecule has 2 aliphatic carbocycles. The van der Waals surface area contributed by atoms with E-state index in [1.165, 1.54) is 32.1 Å². The van der Waals surface area contributed by atoms with E-state index in [0.717, 1.165) is 29.7 Å². The molecule has 5 heteroatoms. The highest BCUT2D eigenvalue weighted by Gasteiger charge is 2.31. The maximum absolute atomic E-state index is 12.5. The number of hydrogen-bond acceptors (Lipinski definition) is 2. The van der Waals surface area contributed by atoms with E-state index in [1.807, 2.05) is 13.0 Å². The van der Waals surface area contributed by atoms with Crippen molar-refractivity contribution in [3.63, 3.8) is 0 Å². The van der Waals surface area contributed by atoms with Crippen molar-refractivity contribution in [3.05, 3.63) is 16.4 Å². The Morgan fingerprint density at radius 2 is 1.81 bits per heavy atom. The van der Waals surface area contributed by atoms with Gasteiger partial charge in [0.25, 0.3) is 0 Å². The quantitative estimate of drug-likeness (QED) is 0.770. The van der Waals surface area contributed by atoms with Crippen LogP contribution < -0.4 is 0 Å². The molecule has 1 aromatic rings. The van der Waals surface area contributed by atoms with Gasteiger partial charge >= 0.3 is 0 Å². The van der Waals surface area contributed by atoms with Crippen LogP contribution >= 0.6 is 15.9 Å². The fourth-order valence-electron chi connectivity index (χ4n) is 3.44. The van der Waals surface area contributed by atoms with E-state index in [1.54, 1.807) is 0 Å². The van der Waals surface area contributed by atoms with Crippen LogP contribution in [0.5, 0.6) is 0 Å². The monoisotopic (exact) mass is 373 g/mol. The van der Waals surface area contributed by atoms with Gasteiger partial charge in [-0.25, -0.2) is 8.42 Å². The molecule has 3 rings (SSSR count). The predicted molar refractivity (Wildman–Crippen MR) is 88.2 cm³/mol. The molecule has 2 saturated carbocycles. The first-order valence-corrected chi connectivity index (χ1v) is 10.5. The Hall–Kier alpha value is -0.290. The van der Waals surface area contributed by atoms with Crippen molar-refractivity contribution in [1.82, 2.24) is 4.57 Å². The number of sulfone groups is 1. The van der Waals surface area contributed by atoms with Crippen molar-refractivity contribution in [2.75, 3.05) is 5.75 Å². The predicted octanol–water partition coefficient (Wildman–Crippen LogP) is 4.32. The summed E-state index contributed by atoms with van der Waals surface area (Å²) in [7, 11) is -3.12.